The smallest absolute Gasteiger partial charge is 0.383 e. The van der Waals surface area contributed by atoms with Gasteiger partial charge in [0, 0.05) is 68.1 Å². The Morgan fingerprint density at radius 1 is 1.19 bits per heavy atom. The molecule has 4 atom stereocenters. The summed E-state index contributed by atoms with van der Waals surface area (Å²) in [5.74, 6) is 2.49. The van der Waals surface area contributed by atoms with Crippen LogP contribution in [0.3, 0.4) is 0 Å². The average molecular weight is 445 g/mol. The van der Waals surface area contributed by atoms with E-state index in [1.165, 1.54) is 19.0 Å². The number of nitrogens with two attached hydrogens (primary N) is 1. The first kappa shape index (κ1) is 19.3. The number of rotatable bonds is 5. The molecule has 3 saturated heterocycles. The van der Waals surface area contributed by atoms with E-state index in [2.05, 4.69) is 14.5 Å². The maximum absolute atomic E-state index is 13.4. The lowest BCUT2D eigenvalue weighted by Gasteiger charge is -2.31. The van der Waals surface area contributed by atoms with Crippen molar-refractivity contribution < 1.29 is 17.9 Å². The molecule has 3 aliphatic heterocycles. The summed E-state index contributed by atoms with van der Waals surface area (Å²) in [6, 6.07) is 2.23. The van der Waals surface area contributed by atoms with Crippen LogP contribution in [-0.2, 0) is 22.9 Å². The Hall–Kier alpha value is -2.13. The van der Waals surface area contributed by atoms with Gasteiger partial charge in [-0.1, -0.05) is 0 Å². The van der Waals surface area contributed by atoms with E-state index < -0.39 is 17.6 Å². The van der Waals surface area contributed by atoms with E-state index in [4.69, 9.17) is 15.5 Å². The molecular formula is C23H26F3N5O. The van der Waals surface area contributed by atoms with Crippen molar-refractivity contribution in [3.05, 3.63) is 29.8 Å². The third kappa shape index (κ3) is 2.61. The van der Waals surface area contributed by atoms with E-state index in [9.17, 15) is 13.2 Å². The van der Waals surface area contributed by atoms with Gasteiger partial charge >= 0.3 is 6.18 Å². The van der Waals surface area contributed by atoms with Gasteiger partial charge in [-0.3, -0.25) is 4.90 Å². The van der Waals surface area contributed by atoms with E-state index in [0.717, 1.165) is 50.9 Å². The number of halogens is 3. The van der Waals surface area contributed by atoms with Gasteiger partial charge in [0.1, 0.15) is 11.6 Å². The van der Waals surface area contributed by atoms with Crippen molar-refractivity contribution in [2.45, 2.75) is 55.9 Å². The van der Waals surface area contributed by atoms with Gasteiger partial charge in [0.25, 0.3) is 0 Å². The van der Waals surface area contributed by atoms with Crippen LogP contribution in [0.2, 0.25) is 0 Å². The van der Waals surface area contributed by atoms with Crippen molar-refractivity contribution in [2.75, 3.05) is 25.5 Å². The number of aromatic nitrogens is 3. The monoisotopic (exact) mass is 445 g/mol. The second kappa shape index (κ2) is 6.26. The Kier molecular flexibility index (Phi) is 3.78. The summed E-state index contributed by atoms with van der Waals surface area (Å²) in [5, 5.41) is 0. The number of pyridine rings is 1. The summed E-state index contributed by atoms with van der Waals surface area (Å²) >= 11 is 0. The average Bonchev–Trinajstić information content (AvgIpc) is 3.69. The molecule has 6 fully saturated rings. The van der Waals surface area contributed by atoms with Crippen molar-refractivity contribution in [2.24, 2.45) is 17.8 Å². The summed E-state index contributed by atoms with van der Waals surface area (Å²) in [5.41, 5.74) is 5.68. The van der Waals surface area contributed by atoms with Crippen LogP contribution in [0.1, 0.15) is 37.1 Å². The van der Waals surface area contributed by atoms with Crippen LogP contribution in [0, 0.1) is 17.8 Å². The lowest BCUT2D eigenvalue weighted by Crippen LogP contribution is -2.39. The van der Waals surface area contributed by atoms with Crippen LogP contribution in [-0.4, -0.2) is 51.3 Å². The number of piperidine rings is 1. The normalized spacial score (nSPS) is 34.0. The summed E-state index contributed by atoms with van der Waals surface area (Å²) in [4.78, 5) is 11.4. The van der Waals surface area contributed by atoms with Crippen LogP contribution < -0.4 is 5.73 Å². The lowest BCUT2D eigenvalue weighted by atomic mass is 10.1. The van der Waals surface area contributed by atoms with E-state index in [0.29, 0.717) is 41.1 Å². The maximum Gasteiger partial charge on any atom is 0.419 e. The number of hydrogen-bond donors (Lipinski definition) is 1. The number of hydrogen-bond acceptors (Lipinski definition) is 5. The van der Waals surface area contributed by atoms with Crippen LogP contribution in [0.15, 0.2) is 18.5 Å². The van der Waals surface area contributed by atoms with Crippen molar-refractivity contribution in [1.29, 1.82) is 0 Å². The number of ether oxygens (including phenoxy) is 1. The third-order valence-electron chi connectivity index (χ3n) is 8.47. The van der Waals surface area contributed by atoms with Crippen molar-refractivity contribution in [3.63, 3.8) is 0 Å². The molecule has 1 unspecified atom stereocenters. The molecule has 5 heterocycles. The van der Waals surface area contributed by atoms with Crippen LogP contribution in [0.25, 0.3) is 11.3 Å². The van der Waals surface area contributed by atoms with Crippen LogP contribution >= 0.6 is 0 Å². The number of alkyl halides is 3. The second-order valence-corrected chi connectivity index (χ2v) is 10.2. The fraction of sp³-hybridized carbons (Fsp3) is 0.652. The van der Waals surface area contributed by atoms with E-state index in [1.807, 2.05) is 6.20 Å². The minimum atomic E-state index is -4.54. The number of anilines is 1. The van der Waals surface area contributed by atoms with Gasteiger partial charge in [0.05, 0.1) is 16.8 Å². The van der Waals surface area contributed by atoms with Crippen molar-refractivity contribution >= 4 is 5.82 Å². The zero-order valence-electron chi connectivity index (χ0n) is 17.7. The fourth-order valence-corrected chi connectivity index (χ4v) is 6.63. The largest absolute Gasteiger partial charge is 0.419 e. The SMILES string of the molecule is Nc1ncc(-c2cn([C@@]34C5[C@H]3[C@H]4CN5C3CCOCC3)c(CC3CC3)n2)cc1C(F)(F)F. The molecule has 3 aliphatic carbocycles. The Morgan fingerprint density at radius 2 is 1.97 bits per heavy atom. The highest BCUT2D eigenvalue weighted by atomic mass is 19.4. The van der Waals surface area contributed by atoms with Gasteiger partial charge in [-0.05, 0) is 37.7 Å². The topological polar surface area (TPSA) is 69.2 Å². The van der Waals surface area contributed by atoms with E-state index >= 15 is 0 Å². The quantitative estimate of drug-likeness (QED) is 0.765. The Labute approximate surface area is 184 Å². The third-order valence-corrected chi connectivity index (χ3v) is 8.47. The molecule has 170 valence electrons. The van der Waals surface area contributed by atoms with Gasteiger partial charge in [0.15, 0.2) is 0 Å². The molecule has 6 aliphatic rings. The van der Waals surface area contributed by atoms with Gasteiger partial charge in [-0.25, -0.2) is 9.97 Å². The molecule has 0 amide bonds. The maximum atomic E-state index is 13.4. The molecule has 2 aromatic heterocycles. The highest BCUT2D eigenvalue weighted by Gasteiger charge is 2.94. The molecule has 2 N–H and O–H groups in total. The summed E-state index contributed by atoms with van der Waals surface area (Å²) in [6.45, 7) is 2.80. The molecule has 2 bridgehead atoms. The van der Waals surface area contributed by atoms with Gasteiger partial charge < -0.3 is 15.0 Å². The summed E-state index contributed by atoms with van der Waals surface area (Å²) in [6.07, 6.45) is 4.37. The molecule has 8 rings (SSSR count). The Bertz CT molecular complexity index is 1080. The van der Waals surface area contributed by atoms with Gasteiger partial charge in [-0.15, -0.1) is 0 Å². The molecular weight excluding hydrogens is 419 g/mol. The number of nitrogens with zero attached hydrogens (tertiary/aromatic N) is 4. The first-order chi connectivity index (χ1) is 15.4. The van der Waals surface area contributed by atoms with E-state index in [-0.39, 0.29) is 5.54 Å². The predicted octanol–water partition coefficient (Wildman–Crippen LogP) is 3.32. The molecule has 9 heteroatoms. The molecule has 0 radical (unpaired) electrons. The molecule has 3 saturated carbocycles. The Morgan fingerprint density at radius 3 is 2.66 bits per heavy atom. The highest BCUT2D eigenvalue weighted by molar-refractivity contribution is 5.63. The molecule has 0 aromatic carbocycles. The van der Waals surface area contributed by atoms with Crippen LogP contribution in [0.4, 0.5) is 19.0 Å². The zero-order chi connectivity index (χ0) is 21.8. The highest BCUT2D eigenvalue weighted by Crippen LogP contribution is 2.84. The Balaban J connectivity index is 1.23. The standard InChI is InChI=1S/C23H26F3N5O/c24-23(25,26)15-8-13(9-28-21(15)27)17-11-31(18(29-17)7-12-1-2-12)22-16-10-30(20(22)19(16)22)14-3-5-32-6-4-14/h8-9,11-12,14,16,19-20H,1-7,10H2,(H2,27,28)/t16-,19-,20?,22-/m1/s1. The van der Waals surface area contributed by atoms with Gasteiger partial charge in [0.2, 0.25) is 0 Å². The predicted molar refractivity (Wildman–Crippen MR) is 111 cm³/mol. The molecule has 32 heavy (non-hydrogen) atoms. The number of nitrogen functional groups attached to an aromatic ring is 1. The van der Waals surface area contributed by atoms with Crippen molar-refractivity contribution in [3.8, 4) is 11.3 Å². The number of fused-ring (bicyclic) bond motifs is 1. The minimum absolute atomic E-state index is 0.113. The molecule has 2 aromatic rings. The fourth-order valence-electron chi connectivity index (χ4n) is 6.63. The first-order valence-corrected chi connectivity index (χ1v) is 11.6. The van der Waals surface area contributed by atoms with Gasteiger partial charge in [-0.2, -0.15) is 13.2 Å². The van der Waals surface area contributed by atoms with Crippen molar-refractivity contribution in [1.82, 2.24) is 19.4 Å². The first-order valence-electron chi connectivity index (χ1n) is 11.6. The summed E-state index contributed by atoms with van der Waals surface area (Å²) in [7, 11) is 0. The lowest BCUT2D eigenvalue weighted by molar-refractivity contribution is -0.137. The molecule has 6 nitrogen and oxygen atoms in total. The zero-order valence-corrected chi connectivity index (χ0v) is 17.7. The van der Waals surface area contributed by atoms with Crippen LogP contribution in [0.5, 0.6) is 0 Å². The number of imidazole rings is 1. The molecule has 0 spiro atoms. The minimum Gasteiger partial charge on any atom is -0.383 e. The van der Waals surface area contributed by atoms with E-state index in [1.54, 1.807) is 0 Å². The summed E-state index contributed by atoms with van der Waals surface area (Å²) < 4.78 is 48.1. The second-order valence-electron chi connectivity index (χ2n) is 10.2.